The molecule has 1 saturated heterocycles. The molecule has 2 rings (SSSR count). The van der Waals surface area contributed by atoms with Gasteiger partial charge in [-0.05, 0) is 32.2 Å². The Morgan fingerprint density at radius 2 is 2.25 bits per heavy atom. The van der Waals surface area contributed by atoms with Gasteiger partial charge >= 0.3 is 0 Å². The van der Waals surface area contributed by atoms with Gasteiger partial charge in [0.2, 0.25) is 0 Å². The highest BCUT2D eigenvalue weighted by Crippen LogP contribution is 2.44. The Balaban J connectivity index is 2.06. The summed E-state index contributed by atoms with van der Waals surface area (Å²) in [5.41, 5.74) is 0.120. The summed E-state index contributed by atoms with van der Waals surface area (Å²) in [4.78, 5) is 6.77. The molecule has 0 spiro atoms. The molecule has 0 amide bonds. The van der Waals surface area contributed by atoms with Gasteiger partial charge in [0.05, 0.1) is 4.88 Å². The van der Waals surface area contributed by atoms with Crippen LogP contribution in [0.5, 0.6) is 0 Å². The Morgan fingerprint density at radius 3 is 2.67 bits per heavy atom. The fourth-order valence-electron chi connectivity index (χ4n) is 1.19. The molecule has 2 nitrogen and oxygen atoms in total. The van der Waals surface area contributed by atoms with Crippen LogP contribution in [-0.2, 0) is 4.84 Å². The molecule has 1 aromatic heterocycles. The number of nitrogens with zero attached hydrogens (tertiary/aromatic N) is 1. The zero-order valence-electron chi connectivity index (χ0n) is 7.57. The lowest BCUT2D eigenvalue weighted by Crippen LogP contribution is -2.25. The van der Waals surface area contributed by atoms with E-state index in [1.807, 2.05) is 5.06 Å². The molecule has 2 atom stereocenters. The molecule has 0 aliphatic carbocycles. The largest absolute Gasteiger partial charge is 0.268 e. The molecule has 2 heterocycles. The van der Waals surface area contributed by atoms with E-state index >= 15 is 0 Å². The maximum absolute atomic E-state index is 5.47. The van der Waals surface area contributed by atoms with Gasteiger partial charge in [0.1, 0.15) is 0 Å². The Labute approximate surface area is 76.7 Å². The van der Waals surface area contributed by atoms with Crippen LogP contribution in [0.15, 0.2) is 17.5 Å². The molecule has 1 unspecified atom stereocenters. The smallest absolute Gasteiger partial charge is 0.189 e. The molecule has 1 aliphatic rings. The summed E-state index contributed by atoms with van der Waals surface area (Å²) >= 11 is 1.75. The maximum atomic E-state index is 5.47. The van der Waals surface area contributed by atoms with Crippen LogP contribution >= 0.6 is 11.3 Å². The van der Waals surface area contributed by atoms with Gasteiger partial charge in [-0.3, -0.25) is 4.84 Å². The van der Waals surface area contributed by atoms with Crippen LogP contribution < -0.4 is 0 Å². The van der Waals surface area contributed by atoms with E-state index < -0.39 is 0 Å². The van der Waals surface area contributed by atoms with E-state index in [1.54, 1.807) is 11.3 Å². The van der Waals surface area contributed by atoms with Gasteiger partial charge < -0.3 is 0 Å². The third-order valence-corrected chi connectivity index (χ3v) is 2.73. The number of hydrogen-bond acceptors (Lipinski definition) is 3. The Kier molecular flexibility index (Phi) is 1.75. The lowest BCUT2D eigenvalue weighted by molar-refractivity contribution is 0.101. The fraction of sp³-hybridized carbons (Fsp3) is 0.556. The predicted octanol–water partition coefficient (Wildman–Crippen LogP) is 2.79. The summed E-state index contributed by atoms with van der Waals surface area (Å²) in [5, 5.41) is 4.11. The zero-order valence-corrected chi connectivity index (χ0v) is 8.39. The first-order chi connectivity index (χ1) is 5.59. The highest BCUT2D eigenvalue weighted by molar-refractivity contribution is 7.10. The van der Waals surface area contributed by atoms with Crippen molar-refractivity contribution in [3.8, 4) is 0 Å². The van der Waals surface area contributed by atoms with Gasteiger partial charge in [-0.25, -0.2) is 0 Å². The molecule has 1 aromatic rings. The summed E-state index contributed by atoms with van der Waals surface area (Å²) in [6, 6.07) is 4.17. The van der Waals surface area contributed by atoms with Crippen molar-refractivity contribution >= 4 is 11.3 Å². The second kappa shape index (κ2) is 2.55. The van der Waals surface area contributed by atoms with Crippen LogP contribution in [-0.4, -0.2) is 10.6 Å². The third-order valence-electron chi connectivity index (χ3n) is 1.83. The minimum absolute atomic E-state index is 0.120. The quantitative estimate of drug-likeness (QED) is 0.622. The number of rotatable bonds is 1. The molecular formula is C9H13NOS. The van der Waals surface area contributed by atoms with E-state index in [2.05, 4.69) is 38.3 Å². The van der Waals surface area contributed by atoms with Gasteiger partial charge in [-0.2, -0.15) is 0 Å². The molecular weight excluding hydrogens is 170 g/mol. The standard InChI is InChI=1S/C9H13NOS/c1-9(2,3)10-8(11-10)7-5-4-6-12-7/h4-6,8H,1-3H3/t8-,10?/m1/s1. The molecule has 0 saturated carbocycles. The van der Waals surface area contributed by atoms with Gasteiger partial charge in [0.15, 0.2) is 6.23 Å². The zero-order chi connectivity index (χ0) is 8.77. The molecule has 0 N–H and O–H groups in total. The molecule has 0 bridgehead atoms. The fourth-order valence-corrected chi connectivity index (χ4v) is 1.92. The van der Waals surface area contributed by atoms with Crippen molar-refractivity contribution in [1.82, 2.24) is 5.06 Å². The highest BCUT2D eigenvalue weighted by atomic mass is 32.1. The summed E-state index contributed by atoms with van der Waals surface area (Å²) in [6.07, 6.45) is 0.213. The van der Waals surface area contributed by atoms with E-state index in [-0.39, 0.29) is 11.8 Å². The maximum Gasteiger partial charge on any atom is 0.189 e. The first-order valence-corrected chi connectivity index (χ1v) is 4.96. The van der Waals surface area contributed by atoms with Gasteiger partial charge in [-0.1, -0.05) is 6.07 Å². The summed E-state index contributed by atoms with van der Waals surface area (Å²) in [7, 11) is 0. The van der Waals surface area contributed by atoms with Crippen LogP contribution in [0.1, 0.15) is 31.9 Å². The number of thiophene rings is 1. The van der Waals surface area contributed by atoms with Crippen molar-refractivity contribution in [2.45, 2.75) is 32.5 Å². The van der Waals surface area contributed by atoms with Crippen molar-refractivity contribution in [3.05, 3.63) is 22.4 Å². The van der Waals surface area contributed by atoms with Crippen molar-refractivity contribution < 1.29 is 4.84 Å². The Bertz CT molecular complexity index is 263. The molecule has 1 aliphatic heterocycles. The van der Waals surface area contributed by atoms with Crippen molar-refractivity contribution in [2.24, 2.45) is 0 Å². The SMILES string of the molecule is CC(C)(C)N1O[C@@H]1c1cccs1. The Hall–Kier alpha value is -0.380. The molecule has 3 heteroatoms. The number of hydrogen-bond donors (Lipinski definition) is 0. The average molecular weight is 183 g/mol. The molecule has 0 aromatic carbocycles. The second-order valence-corrected chi connectivity index (χ2v) is 4.95. The topological polar surface area (TPSA) is 15.5 Å². The lowest BCUT2D eigenvalue weighted by atomic mass is 10.1. The van der Waals surface area contributed by atoms with Crippen LogP contribution in [0.25, 0.3) is 0 Å². The monoisotopic (exact) mass is 183 g/mol. The van der Waals surface area contributed by atoms with Crippen LogP contribution in [0.4, 0.5) is 0 Å². The van der Waals surface area contributed by atoms with Crippen molar-refractivity contribution in [2.75, 3.05) is 0 Å². The van der Waals surface area contributed by atoms with E-state index in [0.29, 0.717) is 0 Å². The van der Waals surface area contributed by atoms with E-state index in [4.69, 9.17) is 4.84 Å². The van der Waals surface area contributed by atoms with E-state index in [1.165, 1.54) is 4.88 Å². The molecule has 1 fully saturated rings. The number of hydroxylamine groups is 2. The first-order valence-electron chi connectivity index (χ1n) is 4.08. The summed E-state index contributed by atoms with van der Waals surface area (Å²) in [5.74, 6) is 0. The first kappa shape index (κ1) is 8.23. The lowest BCUT2D eigenvalue weighted by Gasteiger charge is -2.16. The minimum atomic E-state index is 0.120. The van der Waals surface area contributed by atoms with Gasteiger partial charge in [-0.15, -0.1) is 16.4 Å². The van der Waals surface area contributed by atoms with Crippen LogP contribution in [0, 0.1) is 0 Å². The van der Waals surface area contributed by atoms with E-state index in [9.17, 15) is 0 Å². The summed E-state index contributed by atoms with van der Waals surface area (Å²) < 4.78 is 0. The molecule has 12 heavy (non-hydrogen) atoms. The Morgan fingerprint density at radius 1 is 1.50 bits per heavy atom. The summed E-state index contributed by atoms with van der Waals surface area (Å²) in [6.45, 7) is 6.46. The predicted molar refractivity (Wildman–Crippen MR) is 49.7 cm³/mol. The molecule has 66 valence electrons. The van der Waals surface area contributed by atoms with Gasteiger partial charge in [0, 0.05) is 5.54 Å². The van der Waals surface area contributed by atoms with Gasteiger partial charge in [0.25, 0.3) is 0 Å². The van der Waals surface area contributed by atoms with Crippen LogP contribution in [0.2, 0.25) is 0 Å². The molecule has 0 radical (unpaired) electrons. The minimum Gasteiger partial charge on any atom is -0.268 e. The van der Waals surface area contributed by atoms with Crippen LogP contribution in [0.3, 0.4) is 0 Å². The van der Waals surface area contributed by atoms with E-state index in [0.717, 1.165) is 0 Å². The third kappa shape index (κ3) is 1.40. The highest BCUT2D eigenvalue weighted by Gasteiger charge is 2.46. The second-order valence-electron chi connectivity index (χ2n) is 3.97. The van der Waals surface area contributed by atoms with Crippen molar-refractivity contribution in [3.63, 3.8) is 0 Å². The average Bonchev–Trinajstić information content (AvgIpc) is 2.60. The van der Waals surface area contributed by atoms with Crippen molar-refractivity contribution in [1.29, 1.82) is 0 Å². The normalized spacial score (nSPS) is 28.9.